The van der Waals surface area contributed by atoms with E-state index in [1.165, 1.54) is 11.8 Å². The highest BCUT2D eigenvalue weighted by atomic mass is 32.2. The number of hydrazone groups is 1. The number of benzene rings is 1. The van der Waals surface area contributed by atoms with Gasteiger partial charge in [0.05, 0.1) is 12.2 Å². The normalized spacial score (nSPS) is 16.0. The van der Waals surface area contributed by atoms with Crippen LogP contribution in [0.1, 0.15) is 22.4 Å². The van der Waals surface area contributed by atoms with Crippen molar-refractivity contribution in [2.45, 2.75) is 25.8 Å². The summed E-state index contributed by atoms with van der Waals surface area (Å²) in [6.45, 7) is 4.34. The van der Waals surface area contributed by atoms with Crippen LogP contribution in [-0.2, 0) is 11.3 Å². The average Bonchev–Trinajstić information content (AvgIpc) is 3.13. The fourth-order valence-corrected chi connectivity index (χ4v) is 4.24. The molecule has 0 amide bonds. The van der Waals surface area contributed by atoms with E-state index in [9.17, 15) is 9.90 Å². The van der Waals surface area contributed by atoms with Gasteiger partial charge >= 0.3 is 5.97 Å². The smallest absolute Gasteiger partial charge is 0.338 e. The number of rotatable bonds is 5. The van der Waals surface area contributed by atoms with Gasteiger partial charge in [0.2, 0.25) is 0 Å². The van der Waals surface area contributed by atoms with Crippen molar-refractivity contribution in [3.05, 3.63) is 83.3 Å². The lowest BCUT2D eigenvalue weighted by Crippen LogP contribution is -2.31. The average molecular weight is 404 g/mol. The Hall–Kier alpha value is -3.19. The summed E-state index contributed by atoms with van der Waals surface area (Å²) in [5.41, 5.74) is 5.73. The van der Waals surface area contributed by atoms with Crippen LogP contribution in [0.4, 0.5) is 0 Å². The van der Waals surface area contributed by atoms with Crippen LogP contribution in [0.25, 0.3) is 11.3 Å². The number of carbonyl (C=O) groups is 1. The van der Waals surface area contributed by atoms with Gasteiger partial charge in [0.25, 0.3) is 0 Å². The van der Waals surface area contributed by atoms with E-state index in [0.717, 1.165) is 33.6 Å². The van der Waals surface area contributed by atoms with Gasteiger partial charge in [0, 0.05) is 29.2 Å². The predicted molar refractivity (Wildman–Crippen MR) is 114 cm³/mol. The maximum absolute atomic E-state index is 11.8. The van der Waals surface area contributed by atoms with Crippen molar-refractivity contribution >= 4 is 22.8 Å². The van der Waals surface area contributed by atoms with Gasteiger partial charge in [-0.05, 0) is 37.1 Å². The van der Waals surface area contributed by atoms with Crippen LogP contribution >= 0.6 is 11.8 Å². The summed E-state index contributed by atoms with van der Waals surface area (Å²) in [5, 5.41) is 15.8. The highest BCUT2D eigenvalue weighted by molar-refractivity contribution is 8.15. The lowest BCUT2D eigenvalue weighted by molar-refractivity contribution is -0.139. The molecule has 6 nitrogen and oxygen atoms in total. The van der Waals surface area contributed by atoms with Crippen LogP contribution in [0.15, 0.2) is 66.0 Å². The van der Waals surface area contributed by atoms with E-state index in [1.807, 2.05) is 62.4 Å². The van der Waals surface area contributed by atoms with Gasteiger partial charge in [-0.25, -0.2) is 4.79 Å². The summed E-state index contributed by atoms with van der Waals surface area (Å²) in [7, 11) is 0. The number of thioether (sulfide) groups is 1. The zero-order chi connectivity index (χ0) is 20.4. The molecule has 1 unspecified atom stereocenters. The summed E-state index contributed by atoms with van der Waals surface area (Å²) in [4.78, 5) is 20.6. The molecule has 0 saturated heterocycles. The molecular weight excluding hydrogens is 384 g/mol. The molecular formula is C22H20N4O2S. The van der Waals surface area contributed by atoms with Gasteiger partial charge in [-0.15, -0.1) is 0 Å². The quantitative estimate of drug-likeness (QED) is 0.690. The third-order valence-electron chi connectivity index (χ3n) is 4.59. The first kappa shape index (κ1) is 19.1. The minimum atomic E-state index is -0.904. The first-order valence-corrected chi connectivity index (χ1v) is 10.1. The highest BCUT2D eigenvalue weighted by Gasteiger charge is 2.34. The molecule has 1 aliphatic heterocycles. The SMILES string of the molecule is Cc1cc(-c2ncc(CN3N=C(c4ccccc4)SC3C(=O)O)cc2C)ccn1. The van der Waals surface area contributed by atoms with E-state index in [2.05, 4.69) is 15.1 Å². The van der Waals surface area contributed by atoms with Gasteiger partial charge in [-0.3, -0.25) is 15.0 Å². The molecule has 0 saturated carbocycles. The van der Waals surface area contributed by atoms with Crippen LogP contribution in [0.5, 0.6) is 0 Å². The Balaban J connectivity index is 1.59. The summed E-state index contributed by atoms with van der Waals surface area (Å²) in [6.07, 6.45) is 3.57. The summed E-state index contributed by atoms with van der Waals surface area (Å²) in [6, 6.07) is 15.6. The molecule has 1 aromatic carbocycles. The minimum Gasteiger partial charge on any atom is -0.479 e. The lowest BCUT2D eigenvalue weighted by atomic mass is 10.1. The van der Waals surface area contributed by atoms with E-state index in [0.29, 0.717) is 11.6 Å². The van der Waals surface area contributed by atoms with Gasteiger partial charge < -0.3 is 5.11 Å². The van der Waals surface area contributed by atoms with Crippen molar-refractivity contribution in [3.63, 3.8) is 0 Å². The number of carboxylic acid groups (broad SMARTS) is 1. The molecule has 1 N–H and O–H groups in total. The number of nitrogens with zero attached hydrogens (tertiary/aromatic N) is 4. The number of carboxylic acids is 1. The van der Waals surface area contributed by atoms with Crippen molar-refractivity contribution in [2.75, 3.05) is 0 Å². The van der Waals surface area contributed by atoms with Crippen molar-refractivity contribution in [1.82, 2.24) is 15.0 Å². The van der Waals surface area contributed by atoms with Gasteiger partial charge in [0.1, 0.15) is 5.04 Å². The predicted octanol–water partition coefficient (Wildman–Crippen LogP) is 4.08. The van der Waals surface area contributed by atoms with E-state index in [4.69, 9.17) is 0 Å². The van der Waals surface area contributed by atoms with E-state index >= 15 is 0 Å². The van der Waals surface area contributed by atoms with Gasteiger partial charge in [-0.1, -0.05) is 48.2 Å². The molecule has 0 fully saturated rings. The fraction of sp³-hybridized carbons (Fsp3) is 0.182. The molecule has 3 heterocycles. The van der Waals surface area contributed by atoms with E-state index in [1.54, 1.807) is 17.4 Å². The molecule has 7 heteroatoms. The molecule has 1 aliphatic rings. The Labute approximate surface area is 173 Å². The number of aromatic nitrogens is 2. The molecule has 2 aromatic heterocycles. The summed E-state index contributed by atoms with van der Waals surface area (Å²) < 4.78 is 0. The van der Waals surface area contributed by atoms with Crippen LogP contribution in [0.3, 0.4) is 0 Å². The zero-order valence-corrected chi connectivity index (χ0v) is 16.9. The van der Waals surface area contributed by atoms with Gasteiger partial charge in [0.15, 0.2) is 5.37 Å². The van der Waals surface area contributed by atoms with Crippen molar-refractivity contribution in [1.29, 1.82) is 0 Å². The van der Waals surface area contributed by atoms with E-state index in [-0.39, 0.29) is 0 Å². The number of hydrogen-bond acceptors (Lipinski definition) is 6. The molecule has 0 bridgehead atoms. The fourth-order valence-electron chi connectivity index (χ4n) is 3.26. The minimum absolute atomic E-state index is 0.379. The number of aliphatic carboxylic acids is 1. The van der Waals surface area contributed by atoms with Crippen LogP contribution in [0.2, 0.25) is 0 Å². The van der Waals surface area contributed by atoms with Gasteiger partial charge in [-0.2, -0.15) is 5.10 Å². The van der Waals surface area contributed by atoms with Crippen molar-refractivity contribution < 1.29 is 9.90 Å². The first-order valence-electron chi connectivity index (χ1n) is 9.20. The third-order valence-corrected chi connectivity index (χ3v) is 5.80. The molecule has 4 rings (SSSR count). The first-order chi connectivity index (χ1) is 14.0. The maximum Gasteiger partial charge on any atom is 0.338 e. The Kier molecular flexibility index (Phi) is 5.31. The zero-order valence-electron chi connectivity index (χ0n) is 16.1. The van der Waals surface area contributed by atoms with Crippen molar-refractivity contribution in [2.24, 2.45) is 5.10 Å². The molecule has 0 spiro atoms. The molecule has 1 atom stereocenters. The third kappa shape index (κ3) is 4.14. The molecule has 0 radical (unpaired) electrons. The Morgan fingerprint density at radius 3 is 2.59 bits per heavy atom. The Bertz CT molecular complexity index is 1090. The van der Waals surface area contributed by atoms with Crippen LogP contribution < -0.4 is 0 Å². The van der Waals surface area contributed by atoms with Crippen molar-refractivity contribution in [3.8, 4) is 11.3 Å². The molecule has 3 aromatic rings. The van der Waals surface area contributed by atoms with Crippen LogP contribution in [0, 0.1) is 13.8 Å². The molecule has 146 valence electrons. The number of pyridine rings is 2. The monoisotopic (exact) mass is 404 g/mol. The second kappa shape index (κ2) is 8.05. The lowest BCUT2D eigenvalue weighted by Gasteiger charge is -2.19. The largest absolute Gasteiger partial charge is 0.479 e. The summed E-state index contributed by atoms with van der Waals surface area (Å²) >= 11 is 1.25. The maximum atomic E-state index is 11.8. The summed E-state index contributed by atoms with van der Waals surface area (Å²) in [5.74, 6) is -0.904. The number of hydrogen-bond donors (Lipinski definition) is 1. The Morgan fingerprint density at radius 1 is 1.10 bits per heavy atom. The molecule has 29 heavy (non-hydrogen) atoms. The number of aryl methyl sites for hydroxylation is 2. The highest BCUT2D eigenvalue weighted by Crippen LogP contribution is 2.31. The standard InChI is InChI=1S/C22H20N4O2S/c1-14-10-16(12-24-19(14)18-8-9-23-15(2)11-18)13-26-21(22(27)28)29-20(25-26)17-6-4-3-5-7-17/h3-12,21H,13H2,1-2H3,(H,27,28). The topological polar surface area (TPSA) is 78.7 Å². The second-order valence-electron chi connectivity index (χ2n) is 6.87. The van der Waals surface area contributed by atoms with E-state index < -0.39 is 11.3 Å². The second-order valence-corrected chi connectivity index (χ2v) is 7.94. The molecule has 0 aliphatic carbocycles. The van der Waals surface area contributed by atoms with Crippen LogP contribution in [-0.4, -0.2) is 36.5 Å². The Morgan fingerprint density at radius 2 is 1.90 bits per heavy atom.